The van der Waals surface area contributed by atoms with Crippen LogP contribution in [0.25, 0.3) is 11.0 Å². The highest BCUT2D eigenvalue weighted by atomic mass is 79.9. The summed E-state index contributed by atoms with van der Waals surface area (Å²) in [5.74, 6) is 2.24. The molecule has 0 N–H and O–H groups in total. The van der Waals surface area contributed by atoms with Crippen LogP contribution in [0, 0.1) is 0 Å². The number of pyridine rings is 2. The molecule has 5 heteroatoms. The van der Waals surface area contributed by atoms with E-state index in [-0.39, 0.29) is 0 Å². The van der Waals surface area contributed by atoms with Crippen molar-refractivity contribution in [1.29, 1.82) is 0 Å². The zero-order valence-electron chi connectivity index (χ0n) is 11.4. The number of fused-ring (bicyclic) bond motifs is 1. The Bertz CT molecular complexity index is 760. The molecular weight excluding hydrogens is 332 g/mol. The molecule has 0 amide bonds. The average Bonchev–Trinajstić information content (AvgIpc) is 2.49. The summed E-state index contributed by atoms with van der Waals surface area (Å²) in [4.78, 5) is 8.66. The van der Waals surface area contributed by atoms with E-state index in [1.165, 1.54) is 0 Å². The van der Waals surface area contributed by atoms with Gasteiger partial charge in [-0.15, -0.1) is 0 Å². The third-order valence-corrected chi connectivity index (χ3v) is 3.30. The van der Waals surface area contributed by atoms with Crippen LogP contribution in [0.15, 0.2) is 53.3 Å². The molecular formula is C16H13BrN2O2. The Balaban J connectivity index is 1.90. The molecule has 3 rings (SSSR count). The van der Waals surface area contributed by atoms with E-state index in [0.29, 0.717) is 12.4 Å². The predicted octanol–water partition coefficient (Wildman–Crippen LogP) is 4.58. The van der Waals surface area contributed by atoms with Gasteiger partial charge in [-0.25, -0.2) is 4.98 Å². The first-order valence-corrected chi connectivity index (χ1v) is 7.36. The minimum Gasteiger partial charge on any atom is -0.494 e. The first-order valence-electron chi connectivity index (χ1n) is 6.57. The second-order valence-corrected chi connectivity index (χ2v) is 5.25. The third-order valence-electron chi connectivity index (χ3n) is 2.87. The summed E-state index contributed by atoms with van der Waals surface area (Å²) in [6.07, 6.45) is 3.44. The molecule has 0 fully saturated rings. The Morgan fingerprint density at radius 3 is 2.57 bits per heavy atom. The fourth-order valence-electron chi connectivity index (χ4n) is 1.96. The molecule has 0 radical (unpaired) electrons. The molecule has 106 valence electrons. The van der Waals surface area contributed by atoms with Crippen LogP contribution < -0.4 is 9.47 Å². The van der Waals surface area contributed by atoms with Crippen LogP contribution >= 0.6 is 15.9 Å². The number of hydrogen-bond donors (Lipinski definition) is 0. The zero-order valence-corrected chi connectivity index (χ0v) is 13.0. The number of aromatic nitrogens is 2. The minimum absolute atomic E-state index is 0.647. The van der Waals surface area contributed by atoms with E-state index in [2.05, 4.69) is 25.9 Å². The lowest BCUT2D eigenvalue weighted by molar-refractivity contribution is 0.339. The zero-order chi connectivity index (χ0) is 14.7. The Hall–Kier alpha value is -2.14. The second kappa shape index (κ2) is 6.10. The molecule has 2 heterocycles. The standard InChI is InChI=1S/C16H13BrN2O2/c1-2-20-12-3-5-13(6-4-12)21-15-7-8-18-14-9-11(17)10-19-16(14)15/h3-10H,2H2,1H3. The van der Waals surface area contributed by atoms with E-state index >= 15 is 0 Å². The maximum atomic E-state index is 5.89. The SMILES string of the molecule is CCOc1ccc(Oc2ccnc3cc(Br)cnc23)cc1. The van der Waals surface area contributed by atoms with Crippen LogP contribution in [0.3, 0.4) is 0 Å². The second-order valence-electron chi connectivity index (χ2n) is 4.34. The molecule has 0 spiro atoms. The molecule has 1 aromatic carbocycles. The quantitative estimate of drug-likeness (QED) is 0.694. The normalized spacial score (nSPS) is 10.6. The molecule has 0 aliphatic rings. The molecule has 0 saturated heterocycles. The van der Waals surface area contributed by atoms with Crippen molar-refractivity contribution in [3.63, 3.8) is 0 Å². The number of rotatable bonds is 4. The molecule has 0 aliphatic carbocycles. The largest absolute Gasteiger partial charge is 0.494 e. The summed E-state index contributed by atoms with van der Waals surface area (Å²) in [5.41, 5.74) is 1.52. The van der Waals surface area contributed by atoms with Crippen LogP contribution in [-0.4, -0.2) is 16.6 Å². The van der Waals surface area contributed by atoms with E-state index in [1.807, 2.05) is 37.3 Å². The maximum Gasteiger partial charge on any atom is 0.156 e. The van der Waals surface area contributed by atoms with Crippen molar-refractivity contribution in [2.24, 2.45) is 0 Å². The highest BCUT2D eigenvalue weighted by Gasteiger charge is 2.06. The summed E-state index contributed by atoms with van der Waals surface area (Å²) < 4.78 is 12.2. The van der Waals surface area contributed by atoms with Crippen molar-refractivity contribution in [3.05, 3.63) is 53.3 Å². The van der Waals surface area contributed by atoms with Crippen LogP contribution in [0.1, 0.15) is 6.92 Å². The summed E-state index contributed by atoms with van der Waals surface area (Å²) in [6, 6.07) is 11.2. The molecule has 21 heavy (non-hydrogen) atoms. The monoisotopic (exact) mass is 344 g/mol. The topological polar surface area (TPSA) is 44.2 Å². The molecule has 0 aliphatic heterocycles. The van der Waals surface area contributed by atoms with Gasteiger partial charge in [-0.2, -0.15) is 0 Å². The van der Waals surface area contributed by atoms with Gasteiger partial charge in [0.05, 0.1) is 12.1 Å². The molecule has 0 bridgehead atoms. The number of nitrogens with zero attached hydrogens (tertiary/aromatic N) is 2. The molecule has 4 nitrogen and oxygen atoms in total. The van der Waals surface area contributed by atoms with E-state index < -0.39 is 0 Å². The van der Waals surface area contributed by atoms with Crippen LogP contribution in [0.4, 0.5) is 0 Å². The Labute approximate surface area is 130 Å². The highest BCUT2D eigenvalue weighted by molar-refractivity contribution is 9.10. The van der Waals surface area contributed by atoms with Gasteiger partial charge in [-0.3, -0.25) is 4.98 Å². The lowest BCUT2D eigenvalue weighted by atomic mass is 10.3. The average molecular weight is 345 g/mol. The summed E-state index contributed by atoms with van der Waals surface area (Å²) in [6.45, 7) is 2.60. The fourth-order valence-corrected chi connectivity index (χ4v) is 2.28. The molecule has 3 aromatic rings. The van der Waals surface area contributed by atoms with Crippen molar-refractivity contribution in [2.45, 2.75) is 6.92 Å². The number of benzene rings is 1. The van der Waals surface area contributed by atoms with Gasteiger partial charge < -0.3 is 9.47 Å². The van der Waals surface area contributed by atoms with Crippen molar-refractivity contribution in [1.82, 2.24) is 9.97 Å². The highest BCUT2D eigenvalue weighted by Crippen LogP contribution is 2.29. The van der Waals surface area contributed by atoms with Crippen LogP contribution in [-0.2, 0) is 0 Å². The lowest BCUT2D eigenvalue weighted by Gasteiger charge is -2.09. The maximum absolute atomic E-state index is 5.89. The van der Waals surface area contributed by atoms with Crippen LogP contribution in [0.5, 0.6) is 17.2 Å². The van der Waals surface area contributed by atoms with E-state index in [9.17, 15) is 0 Å². The van der Waals surface area contributed by atoms with Gasteiger partial charge in [-0.1, -0.05) is 0 Å². The van der Waals surface area contributed by atoms with Crippen molar-refractivity contribution in [2.75, 3.05) is 6.61 Å². The summed E-state index contributed by atoms with van der Waals surface area (Å²) >= 11 is 3.39. The summed E-state index contributed by atoms with van der Waals surface area (Å²) in [7, 11) is 0. The smallest absolute Gasteiger partial charge is 0.156 e. The van der Waals surface area contributed by atoms with Gasteiger partial charge in [0.15, 0.2) is 5.75 Å². The van der Waals surface area contributed by atoms with Gasteiger partial charge in [0.1, 0.15) is 17.0 Å². The summed E-state index contributed by atoms with van der Waals surface area (Å²) in [5, 5.41) is 0. The number of hydrogen-bond acceptors (Lipinski definition) is 4. The van der Waals surface area contributed by atoms with E-state index in [4.69, 9.17) is 9.47 Å². The van der Waals surface area contributed by atoms with Gasteiger partial charge >= 0.3 is 0 Å². The van der Waals surface area contributed by atoms with Gasteiger partial charge in [0.25, 0.3) is 0 Å². The minimum atomic E-state index is 0.647. The number of ether oxygens (including phenoxy) is 2. The first kappa shape index (κ1) is 13.8. The lowest BCUT2D eigenvalue weighted by Crippen LogP contribution is -1.92. The Kier molecular flexibility index (Phi) is 4.01. The van der Waals surface area contributed by atoms with Gasteiger partial charge in [0.2, 0.25) is 0 Å². The first-order chi connectivity index (χ1) is 10.3. The molecule has 2 aromatic heterocycles. The van der Waals surface area contributed by atoms with Gasteiger partial charge in [-0.05, 0) is 53.2 Å². The van der Waals surface area contributed by atoms with Crippen LogP contribution in [0.2, 0.25) is 0 Å². The van der Waals surface area contributed by atoms with Gasteiger partial charge in [0, 0.05) is 22.9 Å². The Morgan fingerprint density at radius 1 is 1.05 bits per heavy atom. The van der Waals surface area contributed by atoms with E-state index in [0.717, 1.165) is 27.0 Å². The number of halogens is 1. The van der Waals surface area contributed by atoms with E-state index in [1.54, 1.807) is 18.5 Å². The third kappa shape index (κ3) is 3.13. The van der Waals surface area contributed by atoms with Crippen molar-refractivity contribution >= 4 is 27.0 Å². The molecule has 0 unspecified atom stereocenters. The van der Waals surface area contributed by atoms with Crippen molar-refractivity contribution < 1.29 is 9.47 Å². The Morgan fingerprint density at radius 2 is 1.81 bits per heavy atom. The fraction of sp³-hybridized carbons (Fsp3) is 0.125. The predicted molar refractivity (Wildman–Crippen MR) is 84.9 cm³/mol. The molecule has 0 saturated carbocycles. The van der Waals surface area contributed by atoms with Crippen molar-refractivity contribution in [3.8, 4) is 17.2 Å². The molecule has 0 atom stereocenters.